The van der Waals surface area contributed by atoms with Crippen molar-refractivity contribution >= 4 is 0 Å². The zero-order valence-corrected chi connectivity index (χ0v) is 11.3. The minimum absolute atomic E-state index is 0.137. The third-order valence-electron chi connectivity index (χ3n) is 2.62. The molecule has 0 bridgehead atoms. The van der Waals surface area contributed by atoms with Crippen molar-refractivity contribution in [2.24, 2.45) is 0 Å². The second kappa shape index (κ2) is 9.72. The van der Waals surface area contributed by atoms with Crippen LogP contribution in [0.15, 0.2) is 18.2 Å². The third-order valence-corrected chi connectivity index (χ3v) is 2.62. The van der Waals surface area contributed by atoms with Gasteiger partial charge in [-0.15, -0.1) is 0 Å². The van der Waals surface area contributed by atoms with Crippen LogP contribution in [0.5, 0.6) is 5.75 Å². The first-order valence-corrected chi connectivity index (χ1v) is 6.49. The van der Waals surface area contributed by atoms with E-state index in [0.717, 1.165) is 18.5 Å². The number of rotatable bonds is 10. The van der Waals surface area contributed by atoms with Crippen LogP contribution in [0.1, 0.15) is 18.4 Å². The topological polar surface area (TPSA) is 50.7 Å². The summed E-state index contributed by atoms with van der Waals surface area (Å²) in [6.07, 6.45) is 1.39. The first kappa shape index (κ1) is 15.9. The Morgan fingerprint density at radius 3 is 2.79 bits per heavy atom. The van der Waals surface area contributed by atoms with Gasteiger partial charge in [0, 0.05) is 26.8 Å². The van der Waals surface area contributed by atoms with E-state index in [1.807, 2.05) is 6.07 Å². The van der Waals surface area contributed by atoms with Crippen molar-refractivity contribution in [1.82, 2.24) is 5.32 Å². The highest BCUT2D eigenvalue weighted by Gasteiger charge is 2.04. The zero-order valence-electron chi connectivity index (χ0n) is 11.3. The number of hydrogen-bond acceptors (Lipinski definition) is 4. The number of halogens is 1. The van der Waals surface area contributed by atoms with Gasteiger partial charge < -0.3 is 19.9 Å². The lowest BCUT2D eigenvalue weighted by molar-refractivity contribution is 0.199. The molecular formula is C14H22FNO3. The van der Waals surface area contributed by atoms with E-state index in [1.54, 1.807) is 13.2 Å². The van der Waals surface area contributed by atoms with Crippen molar-refractivity contribution in [3.05, 3.63) is 29.6 Å². The molecule has 19 heavy (non-hydrogen) atoms. The van der Waals surface area contributed by atoms with Gasteiger partial charge in [0.15, 0.2) is 11.6 Å². The number of ether oxygens (including phenoxy) is 2. The molecular weight excluding hydrogens is 249 g/mol. The van der Waals surface area contributed by atoms with Crippen molar-refractivity contribution < 1.29 is 19.0 Å². The largest absolute Gasteiger partial charge is 0.491 e. The zero-order chi connectivity index (χ0) is 13.9. The maximum absolute atomic E-state index is 13.7. The number of unbranched alkanes of at least 4 members (excludes halogenated alkanes) is 1. The van der Waals surface area contributed by atoms with Gasteiger partial charge in [-0.1, -0.05) is 6.07 Å². The van der Waals surface area contributed by atoms with Crippen LogP contribution >= 0.6 is 0 Å². The van der Waals surface area contributed by atoms with E-state index >= 15 is 0 Å². The van der Waals surface area contributed by atoms with Crippen molar-refractivity contribution in [3.8, 4) is 5.75 Å². The summed E-state index contributed by atoms with van der Waals surface area (Å²) in [5, 5.41) is 11.8. The minimum atomic E-state index is -0.352. The van der Waals surface area contributed by atoms with Crippen molar-refractivity contribution in [1.29, 1.82) is 0 Å². The monoisotopic (exact) mass is 271 g/mol. The lowest BCUT2D eigenvalue weighted by Gasteiger charge is -2.09. The Labute approximate surface area is 113 Å². The Morgan fingerprint density at radius 1 is 1.26 bits per heavy atom. The van der Waals surface area contributed by atoms with Gasteiger partial charge in [0.2, 0.25) is 0 Å². The number of aliphatic hydroxyl groups is 1. The molecule has 0 aliphatic carbocycles. The number of benzene rings is 1. The van der Waals surface area contributed by atoms with Gasteiger partial charge in [-0.3, -0.25) is 0 Å². The van der Waals surface area contributed by atoms with E-state index in [-0.39, 0.29) is 18.2 Å². The predicted octanol–water partition coefficient (Wildman–Crippen LogP) is 1.71. The maximum Gasteiger partial charge on any atom is 0.165 e. The number of hydrogen-bond donors (Lipinski definition) is 2. The van der Waals surface area contributed by atoms with Gasteiger partial charge in [0.1, 0.15) is 0 Å². The molecule has 1 aromatic rings. The molecule has 0 atom stereocenters. The number of methoxy groups -OCH3 is 1. The molecule has 0 radical (unpaired) electrons. The van der Waals surface area contributed by atoms with Crippen LogP contribution < -0.4 is 10.1 Å². The number of nitrogens with one attached hydrogen (secondary N) is 1. The standard InChI is InChI=1S/C14H22FNO3/c1-18-9-6-16-11-12-4-5-14(13(15)10-12)19-8-3-2-7-17/h4-5,10,16-17H,2-3,6-9,11H2,1H3. The molecule has 0 aliphatic heterocycles. The van der Waals surface area contributed by atoms with Gasteiger partial charge in [-0.2, -0.15) is 0 Å². The summed E-state index contributed by atoms with van der Waals surface area (Å²) >= 11 is 0. The summed E-state index contributed by atoms with van der Waals surface area (Å²) in [5.74, 6) is -0.0892. The normalized spacial score (nSPS) is 10.7. The molecule has 2 N–H and O–H groups in total. The Balaban J connectivity index is 2.36. The highest BCUT2D eigenvalue weighted by molar-refractivity contribution is 5.29. The summed E-state index contributed by atoms with van der Waals surface area (Å²) in [6, 6.07) is 4.95. The van der Waals surface area contributed by atoms with Crippen molar-refractivity contribution in [2.45, 2.75) is 19.4 Å². The molecule has 0 unspecified atom stereocenters. The molecule has 0 saturated carbocycles. The number of aliphatic hydroxyl groups excluding tert-OH is 1. The highest BCUT2D eigenvalue weighted by Crippen LogP contribution is 2.18. The van der Waals surface area contributed by atoms with Gasteiger partial charge in [-0.05, 0) is 30.5 Å². The first-order chi connectivity index (χ1) is 9.27. The van der Waals surface area contributed by atoms with Crippen LogP contribution in [-0.4, -0.2) is 38.6 Å². The molecule has 0 aliphatic rings. The van der Waals surface area contributed by atoms with E-state index < -0.39 is 0 Å². The second-order valence-electron chi connectivity index (χ2n) is 4.21. The Bertz CT molecular complexity index is 361. The molecule has 5 heteroatoms. The first-order valence-electron chi connectivity index (χ1n) is 6.49. The van der Waals surface area contributed by atoms with Crippen molar-refractivity contribution in [3.63, 3.8) is 0 Å². The molecule has 0 fully saturated rings. The van der Waals surface area contributed by atoms with Gasteiger partial charge in [-0.25, -0.2) is 4.39 Å². The fourth-order valence-corrected chi connectivity index (χ4v) is 1.57. The van der Waals surface area contributed by atoms with Gasteiger partial charge in [0.05, 0.1) is 13.2 Å². The summed E-state index contributed by atoms with van der Waals surface area (Å²) in [7, 11) is 1.64. The summed E-state index contributed by atoms with van der Waals surface area (Å²) < 4.78 is 23.9. The van der Waals surface area contributed by atoms with Gasteiger partial charge >= 0.3 is 0 Å². The third kappa shape index (κ3) is 6.52. The predicted molar refractivity (Wildman–Crippen MR) is 71.8 cm³/mol. The van der Waals surface area contributed by atoms with E-state index in [0.29, 0.717) is 26.2 Å². The van der Waals surface area contributed by atoms with Crippen LogP contribution in [-0.2, 0) is 11.3 Å². The Hall–Kier alpha value is -1.17. The summed E-state index contributed by atoms with van der Waals surface area (Å²) in [6.45, 7) is 2.53. The molecule has 4 nitrogen and oxygen atoms in total. The van der Waals surface area contributed by atoms with Crippen LogP contribution in [0.4, 0.5) is 4.39 Å². The van der Waals surface area contributed by atoms with Crippen LogP contribution in [0.3, 0.4) is 0 Å². The summed E-state index contributed by atoms with van der Waals surface area (Å²) in [5.41, 5.74) is 0.872. The Kier molecular flexibility index (Phi) is 8.13. The fourth-order valence-electron chi connectivity index (χ4n) is 1.57. The van der Waals surface area contributed by atoms with E-state index in [9.17, 15) is 4.39 Å². The maximum atomic E-state index is 13.7. The molecule has 1 aromatic carbocycles. The van der Waals surface area contributed by atoms with E-state index in [4.69, 9.17) is 14.6 Å². The van der Waals surface area contributed by atoms with Gasteiger partial charge in [0.25, 0.3) is 0 Å². The van der Waals surface area contributed by atoms with Crippen molar-refractivity contribution in [2.75, 3.05) is 33.5 Å². The quantitative estimate of drug-likeness (QED) is 0.636. The lowest BCUT2D eigenvalue weighted by atomic mass is 10.2. The molecule has 108 valence electrons. The van der Waals surface area contributed by atoms with Crippen LogP contribution in [0, 0.1) is 5.82 Å². The Morgan fingerprint density at radius 2 is 2.11 bits per heavy atom. The fraction of sp³-hybridized carbons (Fsp3) is 0.571. The molecule has 1 rings (SSSR count). The summed E-state index contributed by atoms with van der Waals surface area (Å²) in [4.78, 5) is 0. The lowest BCUT2D eigenvalue weighted by Crippen LogP contribution is -2.18. The average Bonchev–Trinajstić information content (AvgIpc) is 2.42. The SMILES string of the molecule is COCCNCc1ccc(OCCCCO)c(F)c1. The molecule has 0 saturated heterocycles. The molecule has 0 aromatic heterocycles. The smallest absolute Gasteiger partial charge is 0.165 e. The average molecular weight is 271 g/mol. The molecule has 0 heterocycles. The van der Waals surface area contributed by atoms with E-state index in [1.165, 1.54) is 6.07 Å². The molecule has 0 spiro atoms. The van der Waals surface area contributed by atoms with Crippen LogP contribution in [0.2, 0.25) is 0 Å². The second-order valence-corrected chi connectivity index (χ2v) is 4.21. The minimum Gasteiger partial charge on any atom is -0.491 e. The molecule has 0 amide bonds. The highest BCUT2D eigenvalue weighted by atomic mass is 19.1. The van der Waals surface area contributed by atoms with E-state index in [2.05, 4.69) is 5.32 Å². The van der Waals surface area contributed by atoms with Crippen LogP contribution in [0.25, 0.3) is 0 Å².